The second-order valence-corrected chi connectivity index (χ2v) is 4.38. The number of nitrogens with one attached hydrogen (secondary N) is 1. The summed E-state index contributed by atoms with van der Waals surface area (Å²) in [6.45, 7) is 0.142. The summed E-state index contributed by atoms with van der Waals surface area (Å²) >= 11 is 0. The van der Waals surface area contributed by atoms with Crippen molar-refractivity contribution in [2.45, 2.75) is 6.54 Å². The monoisotopic (exact) mass is 292 g/mol. The van der Waals surface area contributed by atoms with Gasteiger partial charge in [0, 0.05) is 6.54 Å². The molecule has 2 rings (SSSR count). The summed E-state index contributed by atoms with van der Waals surface area (Å²) in [5.41, 5.74) is 6.56. The van der Waals surface area contributed by atoms with Crippen molar-refractivity contribution in [1.82, 2.24) is 5.32 Å². The Morgan fingerprint density at radius 2 is 2.00 bits per heavy atom. The molecule has 21 heavy (non-hydrogen) atoms. The largest absolute Gasteiger partial charge is 0.495 e. The van der Waals surface area contributed by atoms with Crippen molar-refractivity contribution >= 4 is 11.6 Å². The molecule has 2 aromatic carbocycles. The summed E-state index contributed by atoms with van der Waals surface area (Å²) in [6.07, 6.45) is 0. The van der Waals surface area contributed by atoms with E-state index >= 15 is 0 Å². The quantitative estimate of drug-likeness (QED) is 0.851. The highest BCUT2D eigenvalue weighted by Crippen LogP contribution is 2.21. The van der Waals surface area contributed by atoms with Crippen molar-refractivity contribution in [3.05, 3.63) is 59.2 Å². The second-order valence-electron chi connectivity index (χ2n) is 4.38. The first kappa shape index (κ1) is 14.8. The summed E-state index contributed by atoms with van der Waals surface area (Å²) < 4.78 is 31.5. The molecule has 3 N–H and O–H groups in total. The minimum absolute atomic E-state index is 0.142. The average molecular weight is 292 g/mol. The number of hydrogen-bond donors (Lipinski definition) is 2. The Kier molecular flexibility index (Phi) is 4.37. The molecule has 0 radical (unpaired) electrons. The van der Waals surface area contributed by atoms with Crippen molar-refractivity contribution in [2.75, 3.05) is 12.8 Å². The predicted molar refractivity (Wildman–Crippen MR) is 74.9 cm³/mol. The fraction of sp³-hybridized carbons (Fsp3) is 0.133. The van der Waals surface area contributed by atoms with Crippen LogP contribution in [0.2, 0.25) is 0 Å². The molecule has 0 aliphatic heterocycles. The van der Waals surface area contributed by atoms with Gasteiger partial charge in [-0.15, -0.1) is 0 Å². The fourth-order valence-corrected chi connectivity index (χ4v) is 1.84. The third-order valence-corrected chi connectivity index (χ3v) is 2.92. The summed E-state index contributed by atoms with van der Waals surface area (Å²) in [6, 6.07) is 7.75. The van der Waals surface area contributed by atoms with Gasteiger partial charge >= 0.3 is 0 Å². The van der Waals surface area contributed by atoms with Gasteiger partial charge in [0.05, 0.1) is 18.4 Å². The lowest BCUT2D eigenvalue weighted by Gasteiger charge is -2.09. The molecule has 0 bridgehead atoms. The van der Waals surface area contributed by atoms with E-state index in [1.54, 1.807) is 18.2 Å². The zero-order valence-electron chi connectivity index (χ0n) is 11.3. The minimum atomic E-state index is -0.775. The normalized spacial score (nSPS) is 10.2. The third-order valence-electron chi connectivity index (χ3n) is 2.92. The van der Waals surface area contributed by atoms with Crippen LogP contribution in [0, 0.1) is 11.6 Å². The Morgan fingerprint density at radius 3 is 2.67 bits per heavy atom. The first-order valence-electron chi connectivity index (χ1n) is 6.17. The molecule has 0 fully saturated rings. The molecule has 4 nitrogen and oxygen atoms in total. The second kappa shape index (κ2) is 6.21. The Labute approximate surface area is 120 Å². The predicted octanol–water partition coefficient (Wildman–Crippen LogP) is 2.49. The van der Waals surface area contributed by atoms with Crippen LogP contribution in [0.5, 0.6) is 5.75 Å². The molecule has 0 aromatic heterocycles. The Hall–Kier alpha value is -2.63. The molecule has 0 atom stereocenters. The Balaban J connectivity index is 2.07. The Bertz CT molecular complexity index is 675. The average Bonchev–Trinajstić information content (AvgIpc) is 2.47. The zero-order chi connectivity index (χ0) is 15.4. The first-order chi connectivity index (χ1) is 10.0. The van der Waals surface area contributed by atoms with Crippen LogP contribution in [0.1, 0.15) is 15.9 Å². The van der Waals surface area contributed by atoms with Gasteiger partial charge in [-0.1, -0.05) is 6.07 Å². The first-order valence-corrected chi connectivity index (χ1v) is 6.17. The zero-order valence-corrected chi connectivity index (χ0v) is 11.3. The highest BCUT2D eigenvalue weighted by atomic mass is 19.1. The summed E-state index contributed by atoms with van der Waals surface area (Å²) in [5, 5.41) is 2.51. The molecule has 0 saturated heterocycles. The van der Waals surface area contributed by atoms with Crippen molar-refractivity contribution < 1.29 is 18.3 Å². The number of amides is 1. The van der Waals surface area contributed by atoms with Crippen molar-refractivity contribution in [2.24, 2.45) is 0 Å². The number of carbonyl (C=O) groups is 1. The maximum Gasteiger partial charge on any atom is 0.254 e. The van der Waals surface area contributed by atoms with E-state index in [9.17, 15) is 13.6 Å². The van der Waals surface area contributed by atoms with Crippen LogP contribution in [0.4, 0.5) is 14.5 Å². The molecule has 0 saturated carbocycles. The van der Waals surface area contributed by atoms with Gasteiger partial charge in [0.15, 0.2) is 0 Å². The maximum absolute atomic E-state index is 13.4. The molecule has 0 aliphatic carbocycles. The van der Waals surface area contributed by atoms with Gasteiger partial charge in [-0.2, -0.15) is 0 Å². The number of methoxy groups -OCH3 is 1. The molecular weight excluding hydrogens is 278 g/mol. The molecular formula is C15H14F2N2O2. The number of rotatable bonds is 4. The number of hydrogen-bond acceptors (Lipinski definition) is 3. The van der Waals surface area contributed by atoms with Gasteiger partial charge in [0.1, 0.15) is 17.4 Å². The van der Waals surface area contributed by atoms with Gasteiger partial charge in [0.2, 0.25) is 0 Å². The number of nitrogen functional groups attached to an aromatic ring is 1. The number of halogens is 2. The van der Waals surface area contributed by atoms with Gasteiger partial charge in [-0.3, -0.25) is 4.79 Å². The SMILES string of the molecule is COc1ccc(CNC(=O)c2cc(F)ccc2F)cc1N. The van der Waals surface area contributed by atoms with Crippen LogP contribution in [0.3, 0.4) is 0 Å². The van der Waals surface area contributed by atoms with Crippen LogP contribution in [-0.4, -0.2) is 13.0 Å². The lowest BCUT2D eigenvalue weighted by molar-refractivity contribution is 0.0946. The van der Waals surface area contributed by atoms with E-state index in [2.05, 4.69) is 5.32 Å². The molecule has 1 amide bonds. The Morgan fingerprint density at radius 1 is 1.24 bits per heavy atom. The van der Waals surface area contributed by atoms with E-state index in [0.717, 1.165) is 23.8 Å². The van der Waals surface area contributed by atoms with Crippen molar-refractivity contribution in [1.29, 1.82) is 0 Å². The summed E-state index contributed by atoms with van der Waals surface area (Å²) in [5.74, 6) is -1.61. The number of benzene rings is 2. The van der Waals surface area contributed by atoms with E-state index in [0.29, 0.717) is 11.4 Å². The smallest absolute Gasteiger partial charge is 0.254 e. The standard InChI is InChI=1S/C15H14F2N2O2/c1-21-14-5-2-9(6-13(14)18)8-19-15(20)11-7-10(16)3-4-12(11)17/h2-7H,8,18H2,1H3,(H,19,20). The van der Waals surface area contributed by atoms with Gasteiger partial charge < -0.3 is 15.8 Å². The van der Waals surface area contributed by atoms with Crippen LogP contribution in [-0.2, 0) is 6.54 Å². The van der Waals surface area contributed by atoms with Crippen LogP contribution >= 0.6 is 0 Å². The molecule has 0 aliphatic rings. The summed E-state index contributed by atoms with van der Waals surface area (Å²) in [7, 11) is 1.50. The molecule has 0 heterocycles. The van der Waals surface area contributed by atoms with Crippen LogP contribution < -0.4 is 15.8 Å². The highest BCUT2D eigenvalue weighted by Gasteiger charge is 2.12. The maximum atomic E-state index is 13.4. The topological polar surface area (TPSA) is 64.3 Å². The molecule has 110 valence electrons. The van der Waals surface area contributed by atoms with Gasteiger partial charge in [-0.05, 0) is 35.9 Å². The number of ether oxygens (including phenoxy) is 1. The highest BCUT2D eigenvalue weighted by molar-refractivity contribution is 5.94. The van der Waals surface area contributed by atoms with Crippen molar-refractivity contribution in [3.63, 3.8) is 0 Å². The van der Waals surface area contributed by atoms with Crippen LogP contribution in [0.25, 0.3) is 0 Å². The lowest BCUT2D eigenvalue weighted by atomic mass is 10.1. The van der Waals surface area contributed by atoms with Gasteiger partial charge in [-0.25, -0.2) is 8.78 Å². The molecule has 2 aromatic rings. The minimum Gasteiger partial charge on any atom is -0.495 e. The van der Waals surface area contributed by atoms with E-state index < -0.39 is 17.5 Å². The van der Waals surface area contributed by atoms with Crippen molar-refractivity contribution in [3.8, 4) is 5.75 Å². The van der Waals surface area contributed by atoms with E-state index in [1.165, 1.54) is 7.11 Å². The van der Waals surface area contributed by atoms with Gasteiger partial charge in [0.25, 0.3) is 5.91 Å². The number of anilines is 1. The van der Waals surface area contributed by atoms with E-state index in [4.69, 9.17) is 10.5 Å². The number of nitrogens with two attached hydrogens (primary N) is 1. The third kappa shape index (κ3) is 3.47. The fourth-order valence-electron chi connectivity index (χ4n) is 1.84. The molecule has 0 spiro atoms. The van der Waals surface area contributed by atoms with E-state index in [1.807, 2.05) is 0 Å². The molecule has 0 unspecified atom stereocenters. The van der Waals surface area contributed by atoms with Crippen LogP contribution in [0.15, 0.2) is 36.4 Å². The lowest BCUT2D eigenvalue weighted by Crippen LogP contribution is -2.24. The number of carbonyl (C=O) groups excluding carboxylic acids is 1. The molecule has 6 heteroatoms. The van der Waals surface area contributed by atoms with E-state index in [-0.39, 0.29) is 12.1 Å². The summed E-state index contributed by atoms with van der Waals surface area (Å²) in [4.78, 5) is 11.8.